The van der Waals surface area contributed by atoms with Crippen LogP contribution in [-0.2, 0) is 6.54 Å². The van der Waals surface area contributed by atoms with Gasteiger partial charge in [-0.25, -0.2) is 0 Å². The summed E-state index contributed by atoms with van der Waals surface area (Å²) in [5.41, 5.74) is 3.46. The summed E-state index contributed by atoms with van der Waals surface area (Å²) < 4.78 is 16.0. The first-order valence-corrected chi connectivity index (χ1v) is 8.22. The van der Waals surface area contributed by atoms with E-state index in [0.29, 0.717) is 29.5 Å². The van der Waals surface area contributed by atoms with Crippen molar-refractivity contribution in [3.63, 3.8) is 0 Å². The number of carbonyl (C=O) groups is 1. The van der Waals surface area contributed by atoms with Crippen LogP contribution >= 0.6 is 0 Å². The molecule has 6 nitrogen and oxygen atoms in total. The lowest BCUT2D eigenvalue weighted by Crippen LogP contribution is -2.23. The van der Waals surface area contributed by atoms with Gasteiger partial charge in [-0.05, 0) is 42.3 Å². The minimum absolute atomic E-state index is 0.174. The van der Waals surface area contributed by atoms with Crippen molar-refractivity contribution in [1.82, 2.24) is 10.3 Å². The number of ether oxygens (including phenoxy) is 3. The maximum atomic E-state index is 12.5. The molecule has 136 valence electrons. The highest BCUT2D eigenvalue weighted by Crippen LogP contribution is 2.38. The molecule has 0 aliphatic carbocycles. The Kier molecular flexibility index (Phi) is 5.02. The van der Waals surface area contributed by atoms with Gasteiger partial charge in [0.1, 0.15) is 5.69 Å². The molecular formula is C20H22N2O4. The molecule has 26 heavy (non-hydrogen) atoms. The zero-order valence-corrected chi connectivity index (χ0v) is 15.3. The van der Waals surface area contributed by atoms with Crippen LogP contribution in [0.15, 0.2) is 36.4 Å². The van der Waals surface area contributed by atoms with Crippen LogP contribution in [0.5, 0.6) is 17.2 Å². The summed E-state index contributed by atoms with van der Waals surface area (Å²) in [6.45, 7) is 2.36. The molecular weight excluding hydrogens is 332 g/mol. The zero-order chi connectivity index (χ0) is 18.7. The summed E-state index contributed by atoms with van der Waals surface area (Å²) in [6, 6.07) is 11.5. The molecule has 0 radical (unpaired) electrons. The molecule has 1 aromatic heterocycles. The van der Waals surface area contributed by atoms with Crippen LogP contribution in [-0.4, -0.2) is 32.2 Å². The Hall–Kier alpha value is -3.15. The molecule has 3 aromatic rings. The standard InChI is InChI=1S/C20H22N2O4/c1-12-5-6-14-10-16(22-15(14)7-12)20(23)21-11-13-8-17(24-2)19(26-4)18(9-13)25-3/h5-10,22H,11H2,1-4H3,(H,21,23). The number of aromatic nitrogens is 1. The molecule has 0 aliphatic rings. The Morgan fingerprint density at radius 1 is 1.00 bits per heavy atom. The second-order valence-electron chi connectivity index (χ2n) is 5.99. The Morgan fingerprint density at radius 2 is 1.69 bits per heavy atom. The number of aromatic amines is 1. The lowest BCUT2D eigenvalue weighted by molar-refractivity contribution is 0.0946. The van der Waals surface area contributed by atoms with E-state index in [0.717, 1.165) is 22.0 Å². The van der Waals surface area contributed by atoms with Crippen molar-refractivity contribution in [2.24, 2.45) is 0 Å². The normalized spacial score (nSPS) is 10.6. The number of rotatable bonds is 6. The fraction of sp³-hybridized carbons (Fsp3) is 0.250. The van der Waals surface area contributed by atoms with E-state index in [2.05, 4.69) is 10.3 Å². The van der Waals surface area contributed by atoms with Crippen LogP contribution in [0.4, 0.5) is 0 Å². The number of aryl methyl sites for hydroxylation is 1. The Morgan fingerprint density at radius 3 is 2.31 bits per heavy atom. The van der Waals surface area contributed by atoms with Crippen LogP contribution in [0.3, 0.4) is 0 Å². The summed E-state index contributed by atoms with van der Waals surface area (Å²) >= 11 is 0. The number of benzene rings is 2. The van der Waals surface area contributed by atoms with E-state index in [4.69, 9.17) is 14.2 Å². The molecule has 1 amide bonds. The molecule has 3 rings (SSSR count). The number of hydrogen-bond acceptors (Lipinski definition) is 4. The monoisotopic (exact) mass is 354 g/mol. The number of H-pyrrole nitrogens is 1. The largest absolute Gasteiger partial charge is 0.493 e. The smallest absolute Gasteiger partial charge is 0.267 e. The van der Waals surface area contributed by atoms with Crippen LogP contribution in [0.1, 0.15) is 21.6 Å². The lowest BCUT2D eigenvalue weighted by atomic mass is 10.1. The van der Waals surface area contributed by atoms with Crippen molar-refractivity contribution in [3.05, 3.63) is 53.2 Å². The fourth-order valence-electron chi connectivity index (χ4n) is 2.88. The highest BCUT2D eigenvalue weighted by molar-refractivity contribution is 5.98. The SMILES string of the molecule is COc1cc(CNC(=O)c2cc3ccc(C)cc3[nH]2)cc(OC)c1OC. The van der Waals surface area contributed by atoms with Crippen molar-refractivity contribution in [1.29, 1.82) is 0 Å². The molecule has 2 aromatic carbocycles. The molecule has 2 N–H and O–H groups in total. The molecule has 0 saturated carbocycles. The predicted molar refractivity (Wildman–Crippen MR) is 100 cm³/mol. The number of hydrogen-bond donors (Lipinski definition) is 2. The number of carbonyl (C=O) groups excluding carboxylic acids is 1. The highest BCUT2D eigenvalue weighted by atomic mass is 16.5. The zero-order valence-electron chi connectivity index (χ0n) is 15.3. The predicted octanol–water partition coefficient (Wildman–Crippen LogP) is 3.43. The molecule has 0 bridgehead atoms. The number of nitrogens with one attached hydrogen (secondary N) is 2. The van der Waals surface area contributed by atoms with Gasteiger partial charge in [-0.3, -0.25) is 4.79 Å². The van der Waals surface area contributed by atoms with Gasteiger partial charge in [0.25, 0.3) is 5.91 Å². The molecule has 0 saturated heterocycles. The van der Waals surface area contributed by atoms with Crippen molar-refractivity contribution in [3.8, 4) is 17.2 Å². The van der Waals surface area contributed by atoms with Gasteiger partial charge in [-0.1, -0.05) is 12.1 Å². The Labute approximate surface area is 152 Å². The van der Waals surface area contributed by atoms with Crippen molar-refractivity contribution >= 4 is 16.8 Å². The van der Waals surface area contributed by atoms with Crippen molar-refractivity contribution < 1.29 is 19.0 Å². The number of fused-ring (bicyclic) bond motifs is 1. The van der Waals surface area contributed by atoms with Gasteiger partial charge < -0.3 is 24.5 Å². The molecule has 0 atom stereocenters. The third-order valence-electron chi connectivity index (χ3n) is 4.20. The first kappa shape index (κ1) is 17.7. The van der Waals surface area contributed by atoms with Crippen LogP contribution in [0.2, 0.25) is 0 Å². The molecule has 0 fully saturated rings. The van der Waals surface area contributed by atoms with Crippen molar-refractivity contribution in [2.75, 3.05) is 21.3 Å². The second kappa shape index (κ2) is 7.39. The number of methoxy groups -OCH3 is 3. The molecule has 1 heterocycles. The van der Waals surface area contributed by atoms with E-state index in [9.17, 15) is 4.79 Å². The summed E-state index contributed by atoms with van der Waals surface area (Å²) in [5, 5.41) is 3.92. The van der Waals surface area contributed by atoms with Gasteiger partial charge in [0.15, 0.2) is 11.5 Å². The van der Waals surface area contributed by atoms with Gasteiger partial charge in [-0.2, -0.15) is 0 Å². The molecule has 0 unspecified atom stereocenters. The van der Waals surface area contributed by atoms with Crippen molar-refractivity contribution in [2.45, 2.75) is 13.5 Å². The highest BCUT2D eigenvalue weighted by Gasteiger charge is 2.14. The van der Waals surface area contributed by atoms with Gasteiger partial charge in [0.2, 0.25) is 5.75 Å². The maximum Gasteiger partial charge on any atom is 0.267 e. The summed E-state index contributed by atoms with van der Waals surface area (Å²) in [6.07, 6.45) is 0. The van der Waals surface area contributed by atoms with Gasteiger partial charge in [0.05, 0.1) is 21.3 Å². The van der Waals surface area contributed by atoms with E-state index in [1.54, 1.807) is 21.3 Å². The topological polar surface area (TPSA) is 72.6 Å². The summed E-state index contributed by atoms with van der Waals surface area (Å²) in [5.74, 6) is 1.46. The average molecular weight is 354 g/mol. The molecule has 0 aliphatic heterocycles. The fourth-order valence-corrected chi connectivity index (χ4v) is 2.88. The minimum atomic E-state index is -0.174. The summed E-state index contributed by atoms with van der Waals surface area (Å²) in [7, 11) is 4.68. The first-order valence-electron chi connectivity index (χ1n) is 8.22. The Bertz CT molecular complexity index is 921. The van der Waals surface area contributed by atoms with Crippen LogP contribution < -0.4 is 19.5 Å². The minimum Gasteiger partial charge on any atom is -0.493 e. The molecule has 0 spiro atoms. The Balaban J connectivity index is 1.78. The molecule has 6 heteroatoms. The van der Waals surface area contributed by atoms with Gasteiger partial charge >= 0.3 is 0 Å². The van der Waals surface area contributed by atoms with E-state index >= 15 is 0 Å². The maximum absolute atomic E-state index is 12.5. The second-order valence-corrected chi connectivity index (χ2v) is 5.99. The third-order valence-corrected chi connectivity index (χ3v) is 4.20. The summed E-state index contributed by atoms with van der Waals surface area (Å²) in [4.78, 5) is 15.6. The van der Waals surface area contributed by atoms with Gasteiger partial charge in [0, 0.05) is 17.4 Å². The van der Waals surface area contributed by atoms with E-state index in [-0.39, 0.29) is 5.91 Å². The quantitative estimate of drug-likeness (QED) is 0.711. The lowest BCUT2D eigenvalue weighted by Gasteiger charge is -2.14. The third kappa shape index (κ3) is 3.44. The van der Waals surface area contributed by atoms with Crippen LogP contribution in [0.25, 0.3) is 10.9 Å². The van der Waals surface area contributed by atoms with E-state index < -0.39 is 0 Å². The van der Waals surface area contributed by atoms with Gasteiger partial charge in [-0.15, -0.1) is 0 Å². The van der Waals surface area contributed by atoms with E-state index in [1.807, 2.05) is 43.3 Å². The first-order chi connectivity index (χ1) is 12.5. The number of amides is 1. The average Bonchev–Trinajstić information content (AvgIpc) is 3.08. The van der Waals surface area contributed by atoms with E-state index in [1.165, 1.54) is 0 Å². The van der Waals surface area contributed by atoms with Crippen LogP contribution in [0, 0.1) is 6.92 Å².